The third kappa shape index (κ3) is 22.6. The van der Waals surface area contributed by atoms with Crippen LogP contribution in [0.1, 0.15) is 173 Å². The van der Waals surface area contributed by atoms with Gasteiger partial charge in [0.05, 0.1) is 0 Å². The van der Waals surface area contributed by atoms with Crippen LogP contribution in [0.15, 0.2) is 24.4 Å². The second-order valence-electron chi connectivity index (χ2n) is 10.4. The summed E-state index contributed by atoms with van der Waals surface area (Å²) in [7, 11) is 0. The fraction of sp³-hybridized carbons (Fsp3) is 0.812. The lowest BCUT2D eigenvalue weighted by molar-refractivity contribution is 0.517. The fourth-order valence-electron chi connectivity index (χ4n) is 4.88. The molecule has 1 nitrogen and oxygen atoms in total. The molecule has 0 radical (unpaired) electrons. The largest absolute Gasteiger partial charge is 0.362 e. The SMILES string of the molecule is CCCCCCCCCCCCCCCCCCCCCCCCCCC=Cc1ccc[nH]1. The Morgan fingerprint density at radius 1 is 0.515 bits per heavy atom. The predicted octanol–water partition coefficient (Wildman–Crippen LogP) is 11.8. The molecule has 1 N–H and O–H groups in total. The van der Waals surface area contributed by atoms with Crippen molar-refractivity contribution in [1.82, 2.24) is 4.98 Å². The second kappa shape index (κ2) is 25.6. The van der Waals surface area contributed by atoms with Gasteiger partial charge in [0.15, 0.2) is 0 Å². The van der Waals surface area contributed by atoms with Crippen molar-refractivity contribution in [3.63, 3.8) is 0 Å². The van der Waals surface area contributed by atoms with E-state index in [1.165, 1.54) is 166 Å². The van der Waals surface area contributed by atoms with E-state index < -0.39 is 0 Å². The van der Waals surface area contributed by atoms with Gasteiger partial charge in [-0.15, -0.1) is 0 Å². The summed E-state index contributed by atoms with van der Waals surface area (Å²) in [4.78, 5) is 3.22. The van der Waals surface area contributed by atoms with Crippen LogP contribution in [0.25, 0.3) is 6.08 Å². The van der Waals surface area contributed by atoms with Gasteiger partial charge in [0.1, 0.15) is 0 Å². The van der Waals surface area contributed by atoms with Gasteiger partial charge in [0.2, 0.25) is 0 Å². The molecule has 0 saturated carbocycles. The predicted molar refractivity (Wildman–Crippen MR) is 151 cm³/mol. The van der Waals surface area contributed by atoms with Gasteiger partial charge in [-0.05, 0) is 31.1 Å². The van der Waals surface area contributed by atoms with Gasteiger partial charge in [-0.1, -0.05) is 161 Å². The van der Waals surface area contributed by atoms with E-state index in [1.54, 1.807) is 0 Å². The zero-order valence-electron chi connectivity index (χ0n) is 22.6. The normalized spacial score (nSPS) is 11.7. The van der Waals surface area contributed by atoms with E-state index in [0.29, 0.717) is 0 Å². The first-order valence-corrected chi connectivity index (χ1v) is 15.2. The standard InChI is InChI=1S/C32H59N/c1-2-3-4-5-6-7-8-9-10-11-12-13-14-15-16-17-18-19-20-21-22-23-24-25-26-27-29-32-30-28-31-33-32/h27-31,33H,2-26H2,1H3. The molecule has 0 aliphatic rings. The van der Waals surface area contributed by atoms with Crippen molar-refractivity contribution in [2.24, 2.45) is 0 Å². The molecule has 1 aromatic rings. The Kier molecular flexibility index (Phi) is 23.3. The van der Waals surface area contributed by atoms with Crippen LogP contribution in [0.5, 0.6) is 0 Å². The number of aromatic amines is 1. The Morgan fingerprint density at radius 3 is 1.21 bits per heavy atom. The Balaban J connectivity index is 1.64. The Morgan fingerprint density at radius 2 is 0.879 bits per heavy atom. The minimum atomic E-state index is 1.22. The van der Waals surface area contributed by atoms with Gasteiger partial charge in [0.25, 0.3) is 0 Å². The lowest BCUT2D eigenvalue weighted by Gasteiger charge is -2.04. The highest BCUT2D eigenvalue weighted by molar-refractivity contribution is 5.43. The van der Waals surface area contributed by atoms with Crippen LogP contribution in [-0.4, -0.2) is 4.98 Å². The average Bonchev–Trinajstić information content (AvgIpc) is 3.35. The summed E-state index contributed by atoms with van der Waals surface area (Å²) >= 11 is 0. The molecular weight excluding hydrogens is 398 g/mol. The smallest absolute Gasteiger partial charge is 0.0377 e. The number of hydrogen-bond acceptors (Lipinski definition) is 0. The first kappa shape index (κ1) is 30.1. The molecule has 1 heterocycles. The molecule has 0 bridgehead atoms. The Bertz CT molecular complexity index is 487. The van der Waals surface area contributed by atoms with E-state index in [9.17, 15) is 0 Å². The maximum absolute atomic E-state index is 3.22. The van der Waals surface area contributed by atoms with Crippen molar-refractivity contribution >= 4 is 6.08 Å². The van der Waals surface area contributed by atoms with Crippen LogP contribution in [0, 0.1) is 0 Å². The lowest BCUT2D eigenvalue weighted by atomic mass is 10.0. The maximum atomic E-state index is 3.22. The summed E-state index contributed by atoms with van der Waals surface area (Å²) in [5.74, 6) is 0. The van der Waals surface area contributed by atoms with Gasteiger partial charge >= 0.3 is 0 Å². The number of unbranched alkanes of at least 4 members (excludes halogenated alkanes) is 24. The Hall–Kier alpha value is -0.980. The second-order valence-corrected chi connectivity index (χ2v) is 10.4. The zero-order valence-corrected chi connectivity index (χ0v) is 22.6. The van der Waals surface area contributed by atoms with Crippen LogP contribution in [0.4, 0.5) is 0 Å². The first-order chi connectivity index (χ1) is 16.4. The van der Waals surface area contributed by atoms with Crippen molar-refractivity contribution in [2.75, 3.05) is 0 Å². The van der Waals surface area contributed by atoms with Crippen molar-refractivity contribution in [3.8, 4) is 0 Å². The van der Waals surface area contributed by atoms with Gasteiger partial charge in [-0.25, -0.2) is 0 Å². The van der Waals surface area contributed by atoms with Crippen molar-refractivity contribution in [1.29, 1.82) is 0 Å². The number of nitrogens with one attached hydrogen (secondary N) is 1. The molecule has 1 heteroatoms. The van der Waals surface area contributed by atoms with Crippen molar-refractivity contribution in [3.05, 3.63) is 30.1 Å². The van der Waals surface area contributed by atoms with E-state index in [4.69, 9.17) is 0 Å². The van der Waals surface area contributed by atoms with Crippen LogP contribution in [0.2, 0.25) is 0 Å². The van der Waals surface area contributed by atoms with Gasteiger partial charge in [-0.2, -0.15) is 0 Å². The molecule has 0 aliphatic carbocycles. The van der Waals surface area contributed by atoms with Crippen LogP contribution in [-0.2, 0) is 0 Å². The van der Waals surface area contributed by atoms with Gasteiger partial charge in [0, 0.05) is 11.9 Å². The molecule has 0 saturated heterocycles. The van der Waals surface area contributed by atoms with E-state index in [1.807, 2.05) is 6.20 Å². The van der Waals surface area contributed by atoms with E-state index in [-0.39, 0.29) is 0 Å². The van der Waals surface area contributed by atoms with Crippen LogP contribution >= 0.6 is 0 Å². The summed E-state index contributed by atoms with van der Waals surface area (Å²) in [6.07, 6.45) is 42.7. The zero-order chi connectivity index (χ0) is 23.5. The highest BCUT2D eigenvalue weighted by Crippen LogP contribution is 2.16. The summed E-state index contributed by atoms with van der Waals surface area (Å²) in [5, 5.41) is 0. The van der Waals surface area contributed by atoms with Crippen molar-refractivity contribution in [2.45, 2.75) is 167 Å². The van der Waals surface area contributed by atoms with E-state index in [2.05, 4.69) is 36.2 Å². The monoisotopic (exact) mass is 457 g/mol. The molecule has 0 unspecified atom stereocenters. The maximum Gasteiger partial charge on any atom is 0.0377 e. The minimum Gasteiger partial charge on any atom is -0.362 e. The van der Waals surface area contributed by atoms with E-state index >= 15 is 0 Å². The molecule has 0 atom stereocenters. The molecule has 1 rings (SSSR count). The number of hydrogen-bond donors (Lipinski definition) is 1. The summed E-state index contributed by atoms with van der Waals surface area (Å²) in [6, 6.07) is 4.18. The topological polar surface area (TPSA) is 15.8 Å². The highest BCUT2D eigenvalue weighted by atomic mass is 14.7. The lowest BCUT2D eigenvalue weighted by Crippen LogP contribution is -1.84. The van der Waals surface area contributed by atoms with Crippen LogP contribution < -0.4 is 0 Å². The number of aromatic nitrogens is 1. The van der Waals surface area contributed by atoms with Gasteiger partial charge in [-0.3, -0.25) is 0 Å². The van der Waals surface area contributed by atoms with Gasteiger partial charge < -0.3 is 4.98 Å². The molecule has 0 aromatic carbocycles. The number of rotatable bonds is 26. The third-order valence-corrected chi connectivity index (χ3v) is 7.14. The number of allylic oxidation sites excluding steroid dienone is 1. The summed E-state index contributed by atoms with van der Waals surface area (Å²) in [5.41, 5.74) is 1.22. The highest BCUT2D eigenvalue weighted by Gasteiger charge is 1.96. The fourth-order valence-corrected chi connectivity index (χ4v) is 4.88. The molecule has 0 spiro atoms. The third-order valence-electron chi connectivity index (χ3n) is 7.14. The molecule has 0 amide bonds. The van der Waals surface area contributed by atoms with E-state index in [0.717, 1.165) is 0 Å². The quantitative estimate of drug-likeness (QED) is 0.133. The minimum absolute atomic E-state index is 1.22. The van der Waals surface area contributed by atoms with Crippen molar-refractivity contribution < 1.29 is 0 Å². The Labute approximate surface area is 208 Å². The molecule has 0 aliphatic heterocycles. The molecule has 0 fully saturated rings. The molecular formula is C32H59N. The molecule has 192 valence electrons. The summed E-state index contributed by atoms with van der Waals surface area (Å²) < 4.78 is 0. The first-order valence-electron chi connectivity index (χ1n) is 15.2. The molecule has 33 heavy (non-hydrogen) atoms. The number of H-pyrrole nitrogens is 1. The average molecular weight is 458 g/mol. The van der Waals surface area contributed by atoms with Crippen LogP contribution in [0.3, 0.4) is 0 Å². The summed E-state index contributed by atoms with van der Waals surface area (Å²) in [6.45, 7) is 2.30. The molecule has 1 aromatic heterocycles.